The summed E-state index contributed by atoms with van der Waals surface area (Å²) in [6, 6.07) is 3.81. The van der Waals surface area contributed by atoms with E-state index in [1.54, 1.807) is 6.08 Å². The summed E-state index contributed by atoms with van der Waals surface area (Å²) in [5, 5.41) is 17.7. The van der Waals surface area contributed by atoms with Crippen LogP contribution in [-0.2, 0) is 0 Å². The molecule has 0 aromatic heterocycles. The van der Waals surface area contributed by atoms with Gasteiger partial charge in [-0.2, -0.15) is 10.5 Å². The summed E-state index contributed by atoms with van der Waals surface area (Å²) >= 11 is 0. The molecule has 0 spiro atoms. The summed E-state index contributed by atoms with van der Waals surface area (Å²) in [6.45, 7) is 11.2. The molecule has 3 heteroatoms. The van der Waals surface area contributed by atoms with Gasteiger partial charge in [0.1, 0.15) is 17.7 Å². The fourth-order valence-corrected chi connectivity index (χ4v) is 2.85. The van der Waals surface area contributed by atoms with Crippen LogP contribution in [0.5, 0.6) is 0 Å². The number of nitrogens with zero attached hydrogens (tertiary/aromatic N) is 3. The largest absolute Gasteiger partial charge is 0.377 e. The van der Waals surface area contributed by atoms with E-state index in [2.05, 4.69) is 38.8 Å². The Morgan fingerprint density at radius 1 is 1.00 bits per heavy atom. The van der Waals surface area contributed by atoms with Crippen LogP contribution in [0, 0.1) is 34.5 Å². The van der Waals surface area contributed by atoms with E-state index in [0.717, 1.165) is 13.1 Å². The van der Waals surface area contributed by atoms with Crippen molar-refractivity contribution in [3.05, 3.63) is 23.9 Å². The van der Waals surface area contributed by atoms with Crippen LogP contribution in [0.1, 0.15) is 72.6 Å². The minimum Gasteiger partial charge on any atom is -0.377 e. The van der Waals surface area contributed by atoms with Gasteiger partial charge < -0.3 is 4.90 Å². The molecule has 0 N–H and O–H groups in total. The van der Waals surface area contributed by atoms with Crippen LogP contribution in [0.3, 0.4) is 0 Å². The van der Waals surface area contributed by atoms with Crippen molar-refractivity contribution in [2.45, 2.75) is 72.6 Å². The van der Waals surface area contributed by atoms with Gasteiger partial charge in [0.05, 0.1) is 0 Å². The molecule has 0 saturated heterocycles. The fraction of sp³-hybridized carbons (Fsp3) is 0.714. The zero-order valence-electron chi connectivity index (χ0n) is 16.1. The summed E-state index contributed by atoms with van der Waals surface area (Å²) in [5.74, 6) is 1.37. The molecule has 24 heavy (non-hydrogen) atoms. The Balaban J connectivity index is 4.87. The van der Waals surface area contributed by atoms with Gasteiger partial charge in [-0.05, 0) is 43.0 Å². The summed E-state index contributed by atoms with van der Waals surface area (Å²) in [4.78, 5) is 2.38. The molecule has 0 aromatic rings. The van der Waals surface area contributed by atoms with Crippen molar-refractivity contribution in [1.29, 1.82) is 10.5 Å². The number of rotatable bonds is 13. The molecule has 0 fully saturated rings. The van der Waals surface area contributed by atoms with E-state index >= 15 is 0 Å². The highest BCUT2D eigenvalue weighted by molar-refractivity contribution is 5.37. The Morgan fingerprint density at radius 3 is 2.17 bits per heavy atom. The van der Waals surface area contributed by atoms with Crippen molar-refractivity contribution in [3.63, 3.8) is 0 Å². The standard InChI is InChI=1S/C21H35N3/c1-5-8-11-19(4)17-24(14-10-13-21(15-22)16-23)18-20(7-3)12-9-6-2/h10,13-14,19-20H,5-9,11-12,17-18H2,1-4H3. The molecule has 0 aromatic carbocycles. The van der Waals surface area contributed by atoms with Crippen molar-refractivity contribution in [1.82, 2.24) is 4.90 Å². The Bertz CT molecular complexity index is 435. The highest BCUT2D eigenvalue weighted by Gasteiger charge is 2.12. The number of hydrogen-bond donors (Lipinski definition) is 0. The first-order valence-corrected chi connectivity index (χ1v) is 9.53. The molecule has 134 valence electrons. The van der Waals surface area contributed by atoms with Gasteiger partial charge in [-0.1, -0.05) is 59.8 Å². The predicted molar refractivity (Wildman–Crippen MR) is 102 cm³/mol. The normalized spacial score (nSPS) is 13.1. The Hall–Kier alpha value is -1.74. The van der Waals surface area contributed by atoms with E-state index in [-0.39, 0.29) is 5.57 Å². The Labute approximate surface area is 149 Å². The molecule has 2 atom stereocenters. The molecule has 0 amide bonds. The summed E-state index contributed by atoms with van der Waals surface area (Å²) in [5.41, 5.74) is 0.156. The zero-order chi connectivity index (χ0) is 18.2. The first kappa shape index (κ1) is 22.3. The van der Waals surface area contributed by atoms with Gasteiger partial charge in [0, 0.05) is 13.1 Å². The van der Waals surface area contributed by atoms with Crippen LogP contribution >= 0.6 is 0 Å². The van der Waals surface area contributed by atoms with Crippen LogP contribution in [0.2, 0.25) is 0 Å². The maximum Gasteiger partial charge on any atom is 0.129 e. The molecular weight excluding hydrogens is 294 g/mol. The van der Waals surface area contributed by atoms with Gasteiger partial charge >= 0.3 is 0 Å². The van der Waals surface area contributed by atoms with Gasteiger partial charge in [0.25, 0.3) is 0 Å². The molecule has 0 saturated carbocycles. The first-order valence-electron chi connectivity index (χ1n) is 9.53. The Kier molecular flexibility index (Phi) is 13.8. The second kappa shape index (κ2) is 14.8. The second-order valence-electron chi connectivity index (χ2n) is 6.76. The lowest BCUT2D eigenvalue weighted by atomic mass is 9.97. The van der Waals surface area contributed by atoms with Crippen molar-refractivity contribution in [2.24, 2.45) is 11.8 Å². The van der Waals surface area contributed by atoms with E-state index in [0.29, 0.717) is 11.8 Å². The molecule has 0 aliphatic heterocycles. The molecule has 2 unspecified atom stereocenters. The number of hydrogen-bond acceptors (Lipinski definition) is 3. The summed E-state index contributed by atoms with van der Waals surface area (Å²) < 4.78 is 0. The summed E-state index contributed by atoms with van der Waals surface area (Å²) in [7, 11) is 0. The van der Waals surface area contributed by atoms with E-state index in [1.165, 1.54) is 44.9 Å². The maximum atomic E-state index is 8.83. The third-order valence-electron chi connectivity index (χ3n) is 4.43. The topological polar surface area (TPSA) is 50.8 Å². The Morgan fingerprint density at radius 2 is 1.62 bits per heavy atom. The quantitative estimate of drug-likeness (QED) is 0.316. The highest BCUT2D eigenvalue weighted by atomic mass is 15.1. The lowest BCUT2D eigenvalue weighted by Gasteiger charge is -2.28. The molecule has 0 bridgehead atoms. The number of nitriles is 2. The molecule has 3 nitrogen and oxygen atoms in total. The molecule has 0 aliphatic carbocycles. The molecule has 0 radical (unpaired) electrons. The fourth-order valence-electron chi connectivity index (χ4n) is 2.85. The van der Waals surface area contributed by atoms with Gasteiger partial charge in [0.2, 0.25) is 0 Å². The average molecular weight is 330 g/mol. The smallest absolute Gasteiger partial charge is 0.129 e. The molecule has 0 heterocycles. The van der Waals surface area contributed by atoms with Crippen molar-refractivity contribution in [2.75, 3.05) is 13.1 Å². The lowest BCUT2D eigenvalue weighted by molar-refractivity contribution is 0.250. The number of unbranched alkanes of at least 4 members (excludes halogenated alkanes) is 2. The van der Waals surface area contributed by atoms with Crippen LogP contribution in [0.4, 0.5) is 0 Å². The third-order valence-corrected chi connectivity index (χ3v) is 4.43. The summed E-state index contributed by atoms with van der Waals surface area (Å²) in [6.07, 6.45) is 14.3. The van der Waals surface area contributed by atoms with Crippen LogP contribution in [0.15, 0.2) is 23.9 Å². The van der Waals surface area contributed by atoms with E-state index in [9.17, 15) is 0 Å². The number of allylic oxidation sites excluding steroid dienone is 3. The molecular formula is C21H35N3. The van der Waals surface area contributed by atoms with Crippen LogP contribution in [-0.4, -0.2) is 18.0 Å². The SMILES string of the molecule is CCCCC(C)CN(C=CC=C(C#N)C#N)CC(CC)CCCC. The second-order valence-corrected chi connectivity index (χ2v) is 6.76. The van der Waals surface area contributed by atoms with Crippen LogP contribution in [0.25, 0.3) is 0 Å². The van der Waals surface area contributed by atoms with Gasteiger partial charge in [-0.25, -0.2) is 0 Å². The molecule has 0 aliphatic rings. The van der Waals surface area contributed by atoms with Gasteiger partial charge in [-0.15, -0.1) is 0 Å². The highest BCUT2D eigenvalue weighted by Crippen LogP contribution is 2.17. The average Bonchev–Trinajstić information content (AvgIpc) is 2.60. The maximum absolute atomic E-state index is 8.83. The van der Waals surface area contributed by atoms with Gasteiger partial charge in [0.15, 0.2) is 0 Å². The monoisotopic (exact) mass is 329 g/mol. The van der Waals surface area contributed by atoms with E-state index < -0.39 is 0 Å². The minimum atomic E-state index is 0.156. The lowest BCUT2D eigenvalue weighted by Crippen LogP contribution is -2.29. The van der Waals surface area contributed by atoms with Crippen molar-refractivity contribution in [3.8, 4) is 12.1 Å². The van der Waals surface area contributed by atoms with Crippen LogP contribution < -0.4 is 0 Å². The third kappa shape index (κ3) is 10.9. The minimum absolute atomic E-state index is 0.156. The first-order chi connectivity index (χ1) is 11.6. The van der Waals surface area contributed by atoms with E-state index in [4.69, 9.17) is 10.5 Å². The van der Waals surface area contributed by atoms with Crippen molar-refractivity contribution >= 4 is 0 Å². The van der Waals surface area contributed by atoms with Crippen molar-refractivity contribution < 1.29 is 0 Å². The van der Waals surface area contributed by atoms with E-state index in [1.807, 2.05) is 18.2 Å². The molecule has 0 rings (SSSR count). The van der Waals surface area contributed by atoms with Gasteiger partial charge in [-0.3, -0.25) is 0 Å². The predicted octanol–water partition coefficient (Wildman–Crippen LogP) is 5.82. The zero-order valence-corrected chi connectivity index (χ0v) is 16.1.